The van der Waals surface area contributed by atoms with Crippen LogP contribution in [-0.2, 0) is 27.6 Å². The molecule has 0 N–H and O–H groups in total. The van der Waals surface area contributed by atoms with E-state index >= 15 is 0 Å². The van der Waals surface area contributed by atoms with Gasteiger partial charge in [-0.25, -0.2) is 12.8 Å². The van der Waals surface area contributed by atoms with Gasteiger partial charge in [-0.15, -0.1) is 10.2 Å². The van der Waals surface area contributed by atoms with E-state index in [4.69, 9.17) is 16.0 Å². The zero-order valence-electron chi connectivity index (χ0n) is 15.1. The van der Waals surface area contributed by atoms with Crippen molar-refractivity contribution in [2.75, 3.05) is 24.3 Å². The van der Waals surface area contributed by atoms with Gasteiger partial charge in [-0.05, 0) is 24.5 Å². The summed E-state index contributed by atoms with van der Waals surface area (Å²) in [4.78, 5) is 13.7. The first-order valence-corrected chi connectivity index (χ1v) is 11.7. The van der Waals surface area contributed by atoms with Gasteiger partial charge in [0.05, 0.1) is 17.3 Å². The molecule has 0 bridgehead atoms. The van der Waals surface area contributed by atoms with Gasteiger partial charge in [-0.3, -0.25) is 4.79 Å². The van der Waals surface area contributed by atoms with Crippen LogP contribution in [0.5, 0.6) is 0 Å². The maximum absolute atomic E-state index is 13.8. The van der Waals surface area contributed by atoms with Crippen LogP contribution in [0.3, 0.4) is 0 Å². The first-order valence-electron chi connectivity index (χ1n) is 8.56. The highest BCUT2D eigenvalue weighted by Crippen LogP contribution is 2.25. The summed E-state index contributed by atoms with van der Waals surface area (Å²) < 4.78 is 42.4. The van der Waals surface area contributed by atoms with Gasteiger partial charge in [0, 0.05) is 30.6 Å². The number of amides is 1. The molecular formula is C17H19ClFN3O4S2. The summed E-state index contributed by atoms with van der Waals surface area (Å²) in [6.07, 6.45) is 1.00. The molecule has 152 valence electrons. The Morgan fingerprint density at radius 1 is 1.43 bits per heavy atom. The number of rotatable bonds is 7. The number of hydrogen-bond donors (Lipinski definition) is 0. The number of halogens is 2. The van der Waals surface area contributed by atoms with Crippen LogP contribution < -0.4 is 0 Å². The molecule has 7 nitrogen and oxygen atoms in total. The van der Waals surface area contributed by atoms with Crippen LogP contribution in [-0.4, -0.2) is 53.7 Å². The standard InChI is InChI=1S/C17H19ClFN3O4S2/c1-22(8-12-13(18)3-2-4-14(12)19)16(23)9-27-17-21-20-15(26-17)7-11-5-6-28(24,25)10-11/h2-4,11H,5-10H2,1H3. The molecule has 0 aliphatic carbocycles. The molecule has 0 spiro atoms. The summed E-state index contributed by atoms with van der Waals surface area (Å²) in [5, 5.41) is 8.30. The first-order chi connectivity index (χ1) is 13.2. The predicted octanol–water partition coefficient (Wildman–Crippen LogP) is 2.59. The lowest BCUT2D eigenvalue weighted by molar-refractivity contribution is -0.127. The molecule has 1 amide bonds. The highest BCUT2D eigenvalue weighted by molar-refractivity contribution is 7.99. The summed E-state index contributed by atoms with van der Waals surface area (Å²) in [5.41, 5.74) is 0.261. The Kier molecular flexibility index (Phi) is 6.61. The lowest BCUT2D eigenvalue weighted by atomic mass is 10.1. The molecule has 1 saturated heterocycles. The molecule has 1 aromatic heterocycles. The molecule has 1 aromatic carbocycles. The molecule has 3 rings (SSSR count). The molecule has 0 saturated carbocycles. The minimum absolute atomic E-state index is 0.0124. The van der Waals surface area contributed by atoms with E-state index in [2.05, 4.69) is 10.2 Å². The SMILES string of the molecule is CN(Cc1c(F)cccc1Cl)C(=O)CSc1nnc(CC2CCS(=O)(=O)C2)o1. The summed E-state index contributed by atoms with van der Waals surface area (Å²) in [7, 11) is -1.39. The second kappa shape index (κ2) is 8.79. The Balaban J connectivity index is 1.50. The first kappa shape index (κ1) is 21.1. The van der Waals surface area contributed by atoms with Crippen LogP contribution in [0.4, 0.5) is 4.39 Å². The van der Waals surface area contributed by atoms with E-state index in [-0.39, 0.29) is 51.4 Å². The normalized spacial score (nSPS) is 18.3. The largest absolute Gasteiger partial charge is 0.416 e. The molecule has 2 aromatic rings. The fourth-order valence-corrected chi connectivity index (χ4v) is 5.71. The Morgan fingerprint density at radius 2 is 2.21 bits per heavy atom. The van der Waals surface area contributed by atoms with Gasteiger partial charge in [0.15, 0.2) is 9.84 Å². The van der Waals surface area contributed by atoms with Gasteiger partial charge >= 0.3 is 0 Å². The lowest BCUT2D eigenvalue weighted by Crippen LogP contribution is -2.28. The highest BCUT2D eigenvalue weighted by Gasteiger charge is 2.29. The number of carbonyl (C=O) groups is 1. The third-order valence-corrected chi connectivity index (χ3v) is 7.43. The Hall–Kier alpha value is -1.65. The summed E-state index contributed by atoms with van der Waals surface area (Å²) in [6, 6.07) is 4.37. The maximum Gasteiger partial charge on any atom is 0.277 e. The second-order valence-electron chi connectivity index (χ2n) is 6.67. The van der Waals surface area contributed by atoms with Crippen LogP contribution >= 0.6 is 23.4 Å². The summed E-state index contributed by atoms with van der Waals surface area (Å²) in [6.45, 7) is 0.0517. The van der Waals surface area contributed by atoms with Crippen molar-refractivity contribution in [3.8, 4) is 0 Å². The molecule has 2 heterocycles. The van der Waals surface area contributed by atoms with Crippen LogP contribution in [0.15, 0.2) is 27.8 Å². The van der Waals surface area contributed by atoms with Gasteiger partial charge in [-0.2, -0.15) is 0 Å². The Bertz CT molecular complexity index is 947. The van der Waals surface area contributed by atoms with Gasteiger partial charge < -0.3 is 9.32 Å². The second-order valence-corrected chi connectivity index (χ2v) is 10.2. The lowest BCUT2D eigenvalue weighted by Gasteiger charge is -2.17. The van der Waals surface area contributed by atoms with Crippen molar-refractivity contribution in [3.63, 3.8) is 0 Å². The number of benzene rings is 1. The summed E-state index contributed by atoms with van der Waals surface area (Å²) in [5.74, 6) is 0.0218. The van der Waals surface area contributed by atoms with E-state index in [9.17, 15) is 17.6 Å². The number of carbonyl (C=O) groups excluding carboxylic acids is 1. The topological polar surface area (TPSA) is 93.4 Å². The average Bonchev–Trinajstić information content (AvgIpc) is 3.22. The van der Waals surface area contributed by atoms with Crippen molar-refractivity contribution in [2.24, 2.45) is 5.92 Å². The number of thioether (sulfide) groups is 1. The molecule has 1 aliphatic rings. The van der Waals surface area contributed by atoms with E-state index in [1.54, 1.807) is 13.1 Å². The third-order valence-electron chi connectivity index (χ3n) is 4.44. The number of nitrogens with zero attached hydrogens (tertiary/aromatic N) is 3. The van der Waals surface area contributed by atoms with Crippen molar-refractivity contribution in [1.82, 2.24) is 15.1 Å². The van der Waals surface area contributed by atoms with Crippen molar-refractivity contribution in [2.45, 2.75) is 24.6 Å². The van der Waals surface area contributed by atoms with Crippen molar-refractivity contribution < 1.29 is 22.0 Å². The predicted molar refractivity (Wildman–Crippen MR) is 103 cm³/mol. The van der Waals surface area contributed by atoms with Gasteiger partial charge in [0.1, 0.15) is 5.82 Å². The Labute approximate surface area is 171 Å². The summed E-state index contributed by atoms with van der Waals surface area (Å²) >= 11 is 7.07. The molecule has 1 aliphatic heterocycles. The van der Waals surface area contributed by atoms with Gasteiger partial charge in [-0.1, -0.05) is 29.4 Å². The van der Waals surface area contributed by atoms with Crippen molar-refractivity contribution in [1.29, 1.82) is 0 Å². The van der Waals surface area contributed by atoms with E-state index in [0.29, 0.717) is 18.7 Å². The minimum atomic E-state index is -2.95. The van der Waals surface area contributed by atoms with Crippen LogP contribution in [0, 0.1) is 11.7 Å². The fraction of sp³-hybridized carbons (Fsp3) is 0.471. The molecule has 28 heavy (non-hydrogen) atoms. The smallest absolute Gasteiger partial charge is 0.277 e. The molecular weight excluding hydrogens is 429 g/mol. The maximum atomic E-state index is 13.8. The van der Waals surface area contributed by atoms with Crippen molar-refractivity contribution in [3.05, 3.63) is 40.5 Å². The Morgan fingerprint density at radius 3 is 2.89 bits per heavy atom. The highest BCUT2D eigenvalue weighted by atomic mass is 35.5. The third kappa shape index (κ3) is 5.45. The van der Waals surface area contributed by atoms with Gasteiger partial charge in [0.2, 0.25) is 11.8 Å². The zero-order valence-corrected chi connectivity index (χ0v) is 17.5. The van der Waals surface area contributed by atoms with Crippen LogP contribution in [0.1, 0.15) is 17.9 Å². The fourth-order valence-electron chi connectivity index (χ4n) is 2.90. The van der Waals surface area contributed by atoms with Gasteiger partial charge in [0.25, 0.3) is 5.22 Å². The number of hydrogen-bond acceptors (Lipinski definition) is 7. The van der Waals surface area contributed by atoms with E-state index in [0.717, 1.165) is 11.8 Å². The zero-order chi connectivity index (χ0) is 20.3. The molecule has 11 heteroatoms. The minimum Gasteiger partial charge on any atom is -0.416 e. The number of sulfone groups is 1. The molecule has 1 unspecified atom stereocenters. The van der Waals surface area contributed by atoms with Crippen LogP contribution in [0.25, 0.3) is 0 Å². The molecule has 1 atom stereocenters. The van der Waals surface area contributed by atoms with E-state index < -0.39 is 15.7 Å². The van der Waals surface area contributed by atoms with Crippen LogP contribution in [0.2, 0.25) is 5.02 Å². The number of aromatic nitrogens is 2. The molecule has 1 fully saturated rings. The van der Waals surface area contributed by atoms with Crippen molar-refractivity contribution >= 4 is 39.1 Å². The monoisotopic (exact) mass is 447 g/mol. The van der Waals surface area contributed by atoms with E-state index in [1.807, 2.05) is 0 Å². The van der Waals surface area contributed by atoms with E-state index in [1.165, 1.54) is 17.0 Å². The molecule has 0 radical (unpaired) electrons. The quantitative estimate of drug-likeness (QED) is 0.602. The average molecular weight is 448 g/mol.